The summed E-state index contributed by atoms with van der Waals surface area (Å²) in [7, 11) is -2.54. The van der Waals surface area contributed by atoms with Crippen molar-refractivity contribution in [2.45, 2.75) is 19.2 Å². The summed E-state index contributed by atoms with van der Waals surface area (Å²) in [6.45, 7) is 3.97. The van der Waals surface area contributed by atoms with E-state index in [0.29, 0.717) is 5.69 Å². The Balaban J connectivity index is 2.23. The summed E-state index contributed by atoms with van der Waals surface area (Å²) in [5.41, 5.74) is 7.68. The van der Waals surface area contributed by atoms with Crippen molar-refractivity contribution in [3.05, 3.63) is 29.3 Å². The van der Waals surface area contributed by atoms with E-state index in [2.05, 4.69) is 20.3 Å². The van der Waals surface area contributed by atoms with E-state index in [9.17, 15) is 13.2 Å². The van der Waals surface area contributed by atoms with Crippen LogP contribution in [0, 0.1) is 19.8 Å². The summed E-state index contributed by atoms with van der Waals surface area (Å²) in [5.74, 6) is -1.36. The molecule has 1 aliphatic heterocycles. The maximum Gasteiger partial charge on any atom is 0.312 e. The number of carbonyl (C=O) groups excluding carboxylic acids is 1. The second-order valence-corrected chi connectivity index (χ2v) is 6.90. The molecule has 1 saturated heterocycles. The predicted octanol–water partition coefficient (Wildman–Crippen LogP) is 0.268. The van der Waals surface area contributed by atoms with Gasteiger partial charge in [-0.1, -0.05) is 6.07 Å². The summed E-state index contributed by atoms with van der Waals surface area (Å²) < 4.78 is 32.0. The number of hydrazine groups is 1. The minimum atomic E-state index is -3.78. The maximum atomic E-state index is 12.4. The van der Waals surface area contributed by atoms with E-state index in [-0.39, 0.29) is 6.54 Å². The topological polar surface area (TPSA) is 96.5 Å². The number of nitrogens with one attached hydrogen (secondary N) is 3. The molecule has 3 N–H and O–H groups in total. The zero-order chi connectivity index (χ0) is 15.6. The van der Waals surface area contributed by atoms with E-state index >= 15 is 0 Å². The number of benzene rings is 1. The Bertz CT molecular complexity index is 625. The molecule has 1 aromatic carbocycles. The van der Waals surface area contributed by atoms with Gasteiger partial charge in [-0.15, -0.1) is 0 Å². The van der Waals surface area contributed by atoms with E-state index in [1.165, 1.54) is 7.11 Å². The van der Waals surface area contributed by atoms with Crippen LogP contribution in [-0.2, 0) is 19.6 Å². The van der Waals surface area contributed by atoms with Gasteiger partial charge in [-0.05, 0) is 37.1 Å². The summed E-state index contributed by atoms with van der Waals surface area (Å²) in [4.78, 5) is 11.6. The Kier molecular flexibility index (Phi) is 4.50. The van der Waals surface area contributed by atoms with Crippen LogP contribution in [0.25, 0.3) is 0 Å². The first-order chi connectivity index (χ1) is 9.83. The van der Waals surface area contributed by atoms with Gasteiger partial charge in [-0.25, -0.2) is 13.8 Å². The van der Waals surface area contributed by atoms with Gasteiger partial charge in [-0.2, -0.15) is 0 Å². The van der Waals surface area contributed by atoms with Crippen LogP contribution < -0.4 is 15.6 Å². The van der Waals surface area contributed by atoms with Crippen LogP contribution in [0.15, 0.2) is 18.2 Å². The number of esters is 1. The number of aryl methyl sites for hydroxylation is 2. The molecule has 1 aromatic rings. The smallest absolute Gasteiger partial charge is 0.312 e. The highest BCUT2D eigenvalue weighted by Crippen LogP contribution is 2.20. The number of hydrogen-bond acceptors (Lipinski definition) is 6. The van der Waals surface area contributed by atoms with Crippen molar-refractivity contribution >= 4 is 21.7 Å². The van der Waals surface area contributed by atoms with Gasteiger partial charge in [0, 0.05) is 12.2 Å². The largest absolute Gasteiger partial charge is 0.469 e. The van der Waals surface area contributed by atoms with E-state index in [1.807, 2.05) is 19.9 Å². The molecule has 1 aliphatic rings. The van der Waals surface area contributed by atoms with Crippen LogP contribution >= 0.6 is 0 Å². The molecule has 7 nitrogen and oxygen atoms in total. The third-order valence-corrected chi connectivity index (χ3v) is 4.89. The molecular formula is C13H19N3O4S. The number of anilines is 1. The van der Waals surface area contributed by atoms with Crippen molar-refractivity contribution in [2.24, 2.45) is 5.92 Å². The normalized spacial score (nSPS) is 22.0. The maximum absolute atomic E-state index is 12.4. The Morgan fingerprint density at radius 3 is 2.48 bits per heavy atom. The molecule has 0 spiro atoms. The van der Waals surface area contributed by atoms with Crippen LogP contribution in [0.1, 0.15) is 11.1 Å². The molecule has 0 saturated carbocycles. The molecule has 8 heteroatoms. The van der Waals surface area contributed by atoms with Gasteiger partial charge in [-0.3, -0.25) is 14.9 Å². The summed E-state index contributed by atoms with van der Waals surface area (Å²) in [5, 5.41) is -1.08. The summed E-state index contributed by atoms with van der Waals surface area (Å²) >= 11 is 0. The van der Waals surface area contributed by atoms with E-state index in [0.717, 1.165) is 11.1 Å². The van der Waals surface area contributed by atoms with E-state index in [4.69, 9.17) is 0 Å². The second kappa shape index (κ2) is 6.00. The molecule has 2 rings (SSSR count). The number of ether oxygens (including phenoxy) is 1. The fraction of sp³-hybridized carbons (Fsp3) is 0.462. The average molecular weight is 313 g/mol. The molecule has 1 fully saturated rings. The lowest BCUT2D eigenvalue weighted by molar-refractivity contribution is -0.144. The zero-order valence-corrected chi connectivity index (χ0v) is 13.0. The highest BCUT2D eigenvalue weighted by atomic mass is 32.2. The number of rotatable bonds is 4. The van der Waals surface area contributed by atoms with Gasteiger partial charge in [0.2, 0.25) is 0 Å². The first-order valence-electron chi connectivity index (χ1n) is 6.49. The standard InChI is InChI=1S/C13H19N3O4S/c1-8-4-9(2)6-10(5-8)16-21(18,19)12-11(7-14-15-12)13(17)20-3/h4-6,11-12,14-16H,7H2,1-3H3. The van der Waals surface area contributed by atoms with Crippen molar-refractivity contribution in [1.29, 1.82) is 0 Å². The van der Waals surface area contributed by atoms with Crippen molar-refractivity contribution in [2.75, 3.05) is 18.4 Å². The van der Waals surface area contributed by atoms with Gasteiger partial charge in [0.1, 0.15) is 5.92 Å². The monoisotopic (exact) mass is 313 g/mol. The van der Waals surface area contributed by atoms with Crippen LogP contribution in [0.2, 0.25) is 0 Å². The van der Waals surface area contributed by atoms with Gasteiger partial charge in [0.05, 0.1) is 7.11 Å². The Labute approximate surface area is 124 Å². The number of hydrogen-bond donors (Lipinski definition) is 3. The summed E-state index contributed by atoms with van der Waals surface area (Å²) in [6, 6.07) is 5.42. The van der Waals surface area contributed by atoms with E-state index < -0.39 is 27.3 Å². The lowest BCUT2D eigenvalue weighted by atomic mass is 10.1. The zero-order valence-electron chi connectivity index (χ0n) is 12.1. The molecule has 0 radical (unpaired) electrons. The minimum absolute atomic E-state index is 0.199. The lowest BCUT2D eigenvalue weighted by Crippen LogP contribution is -2.44. The predicted molar refractivity (Wildman–Crippen MR) is 78.9 cm³/mol. The third kappa shape index (κ3) is 3.52. The second-order valence-electron chi connectivity index (χ2n) is 5.10. The van der Waals surface area contributed by atoms with Crippen molar-refractivity contribution < 1.29 is 17.9 Å². The minimum Gasteiger partial charge on any atom is -0.469 e. The number of sulfonamides is 1. The van der Waals surface area contributed by atoms with Crippen molar-refractivity contribution in [3.63, 3.8) is 0 Å². The van der Waals surface area contributed by atoms with Crippen LogP contribution in [0.4, 0.5) is 5.69 Å². The van der Waals surface area contributed by atoms with Crippen molar-refractivity contribution in [1.82, 2.24) is 10.9 Å². The van der Waals surface area contributed by atoms with Gasteiger partial charge in [0.25, 0.3) is 10.0 Å². The number of carbonyl (C=O) groups is 1. The van der Waals surface area contributed by atoms with Crippen molar-refractivity contribution in [3.8, 4) is 0 Å². The quantitative estimate of drug-likeness (QED) is 0.690. The van der Waals surface area contributed by atoms with Gasteiger partial charge >= 0.3 is 5.97 Å². The first-order valence-corrected chi connectivity index (χ1v) is 8.04. The average Bonchev–Trinajstić information content (AvgIpc) is 2.85. The fourth-order valence-electron chi connectivity index (χ4n) is 2.39. The number of methoxy groups -OCH3 is 1. The fourth-order valence-corrected chi connectivity index (χ4v) is 3.84. The molecule has 0 bridgehead atoms. The molecular weight excluding hydrogens is 294 g/mol. The van der Waals surface area contributed by atoms with E-state index in [1.54, 1.807) is 12.1 Å². The van der Waals surface area contributed by atoms with Crippen LogP contribution in [0.5, 0.6) is 0 Å². The lowest BCUT2D eigenvalue weighted by Gasteiger charge is -2.18. The molecule has 21 heavy (non-hydrogen) atoms. The molecule has 116 valence electrons. The molecule has 2 atom stereocenters. The van der Waals surface area contributed by atoms with Crippen LogP contribution in [0.3, 0.4) is 0 Å². The third-order valence-electron chi connectivity index (χ3n) is 3.25. The molecule has 1 heterocycles. The van der Waals surface area contributed by atoms with Gasteiger partial charge < -0.3 is 4.74 Å². The highest BCUT2D eigenvalue weighted by molar-refractivity contribution is 7.93. The Hall–Kier alpha value is -1.64. The Morgan fingerprint density at radius 2 is 1.90 bits per heavy atom. The molecule has 2 unspecified atom stereocenters. The highest BCUT2D eigenvalue weighted by Gasteiger charge is 2.42. The molecule has 0 aromatic heterocycles. The first kappa shape index (κ1) is 15.7. The summed E-state index contributed by atoms with van der Waals surface area (Å²) in [6.07, 6.45) is 0. The SMILES string of the molecule is COC(=O)C1CNNC1S(=O)(=O)Nc1cc(C)cc(C)c1. The molecule has 0 amide bonds. The van der Waals surface area contributed by atoms with Gasteiger partial charge in [0.15, 0.2) is 5.37 Å². The Morgan fingerprint density at radius 1 is 1.29 bits per heavy atom. The molecule has 0 aliphatic carbocycles. The van der Waals surface area contributed by atoms with Crippen LogP contribution in [-0.4, -0.2) is 33.4 Å².